The molecule has 0 saturated carbocycles. The number of carbonyl (C=O) groups is 1. The Morgan fingerprint density at radius 1 is 0.882 bits per heavy atom. The second kappa shape index (κ2) is 10.8. The van der Waals surface area contributed by atoms with Crippen molar-refractivity contribution in [1.82, 2.24) is 9.97 Å². The largest absolute Gasteiger partial charge is 0.326 e. The number of amides is 1. The van der Waals surface area contributed by atoms with E-state index in [0.717, 1.165) is 28.1 Å². The van der Waals surface area contributed by atoms with Crippen molar-refractivity contribution in [3.05, 3.63) is 102 Å². The summed E-state index contributed by atoms with van der Waals surface area (Å²) in [4.78, 5) is 22.1. The number of aromatic nitrogens is 2. The first-order valence-corrected chi connectivity index (χ1v) is 11.1. The van der Waals surface area contributed by atoms with E-state index < -0.39 is 18.8 Å². The zero-order valence-corrected chi connectivity index (χ0v) is 18.8. The summed E-state index contributed by atoms with van der Waals surface area (Å²) in [6.45, 7) is 0.910. The van der Waals surface area contributed by atoms with Crippen LogP contribution < -0.4 is 5.32 Å². The fourth-order valence-electron chi connectivity index (χ4n) is 3.92. The number of rotatable bonds is 8. The number of nitrogens with zero attached hydrogens (tertiary/aromatic N) is 2. The van der Waals surface area contributed by atoms with Crippen LogP contribution in [0.15, 0.2) is 91.3 Å². The number of hydrogen-bond acceptors (Lipinski definition) is 3. The van der Waals surface area contributed by atoms with Crippen LogP contribution in [0.2, 0.25) is 0 Å². The molecule has 34 heavy (non-hydrogen) atoms. The van der Waals surface area contributed by atoms with Crippen molar-refractivity contribution in [2.24, 2.45) is 0 Å². The molecule has 0 radical (unpaired) electrons. The predicted octanol–water partition coefficient (Wildman–Crippen LogP) is 6.54. The first-order chi connectivity index (χ1) is 16.6. The number of benzene rings is 3. The average molecular weight is 458 g/mol. The number of anilines is 1. The highest BCUT2D eigenvalue weighted by atomic mass is 19.2. The number of nitrogens with one attached hydrogen (secondary N) is 1. The Bertz CT molecular complexity index is 1250. The van der Waals surface area contributed by atoms with Crippen molar-refractivity contribution in [2.45, 2.75) is 25.4 Å². The molecule has 0 aliphatic carbocycles. The normalized spacial score (nSPS) is 12.7. The zero-order chi connectivity index (χ0) is 23.9. The van der Waals surface area contributed by atoms with E-state index in [9.17, 15) is 13.6 Å². The summed E-state index contributed by atoms with van der Waals surface area (Å²) in [6.07, 6.45) is 1.40. The van der Waals surface area contributed by atoms with Crippen LogP contribution in [0.3, 0.4) is 0 Å². The lowest BCUT2D eigenvalue weighted by molar-refractivity contribution is -0.118. The minimum atomic E-state index is -1.70. The van der Waals surface area contributed by atoms with Gasteiger partial charge in [0.1, 0.15) is 12.8 Å². The van der Waals surface area contributed by atoms with Gasteiger partial charge < -0.3 is 5.32 Å². The lowest BCUT2D eigenvalue weighted by atomic mass is 9.92. The number of hydrogen-bond donors (Lipinski definition) is 1. The molecule has 0 aliphatic heterocycles. The number of halogens is 2. The molecule has 4 aromatic rings. The van der Waals surface area contributed by atoms with Gasteiger partial charge in [-0.05, 0) is 36.6 Å². The summed E-state index contributed by atoms with van der Waals surface area (Å²) < 4.78 is 26.7. The second-order valence-electron chi connectivity index (χ2n) is 8.09. The molecule has 1 amide bonds. The van der Waals surface area contributed by atoms with Crippen molar-refractivity contribution >= 4 is 11.6 Å². The zero-order valence-electron chi connectivity index (χ0n) is 18.8. The molecule has 6 heteroatoms. The van der Waals surface area contributed by atoms with Crippen molar-refractivity contribution in [3.63, 3.8) is 0 Å². The molecule has 1 heterocycles. The fourth-order valence-corrected chi connectivity index (χ4v) is 3.92. The molecule has 0 bridgehead atoms. The minimum absolute atomic E-state index is 0.218. The molecule has 2 atom stereocenters. The van der Waals surface area contributed by atoms with E-state index in [4.69, 9.17) is 0 Å². The summed E-state index contributed by atoms with van der Waals surface area (Å²) in [5.74, 6) is -1.17. The van der Waals surface area contributed by atoms with E-state index in [-0.39, 0.29) is 12.3 Å². The third-order valence-electron chi connectivity index (χ3n) is 5.70. The fraction of sp³-hybridized carbons (Fsp3) is 0.179. The van der Waals surface area contributed by atoms with Crippen molar-refractivity contribution in [1.29, 1.82) is 0 Å². The second-order valence-corrected chi connectivity index (χ2v) is 8.09. The predicted molar refractivity (Wildman–Crippen MR) is 131 cm³/mol. The molecule has 0 fully saturated rings. The van der Waals surface area contributed by atoms with Crippen LogP contribution in [0.5, 0.6) is 0 Å². The quantitative estimate of drug-likeness (QED) is 0.327. The minimum Gasteiger partial charge on any atom is -0.326 e. The third kappa shape index (κ3) is 5.34. The van der Waals surface area contributed by atoms with Crippen LogP contribution in [-0.4, -0.2) is 28.7 Å². The van der Waals surface area contributed by atoms with Gasteiger partial charge in [-0.1, -0.05) is 66.7 Å². The lowest BCUT2D eigenvalue weighted by Gasteiger charge is -2.18. The summed E-state index contributed by atoms with van der Waals surface area (Å²) in [5, 5.41) is 2.84. The molecule has 1 N–H and O–H groups in total. The maximum Gasteiger partial charge on any atom is 0.232 e. The van der Waals surface area contributed by atoms with Gasteiger partial charge in [0.25, 0.3) is 0 Å². The molecule has 172 valence electrons. The molecule has 3 aromatic carbocycles. The first-order valence-electron chi connectivity index (χ1n) is 11.1. The lowest BCUT2D eigenvalue weighted by Crippen LogP contribution is -2.24. The molecular weight excluding hydrogens is 432 g/mol. The number of aryl methyl sites for hydroxylation is 1. The SMILES string of the molecule is Cc1ccccc1-c1nccnc1-c1ccc(NC(=O)C(CC(F)CF)c2ccccc2)cc1. The van der Waals surface area contributed by atoms with Crippen LogP contribution in [-0.2, 0) is 4.79 Å². The van der Waals surface area contributed by atoms with E-state index >= 15 is 0 Å². The maximum atomic E-state index is 13.8. The number of carbonyl (C=O) groups excluding carboxylic acids is 1. The van der Waals surface area contributed by atoms with Crippen molar-refractivity contribution < 1.29 is 13.6 Å². The smallest absolute Gasteiger partial charge is 0.232 e. The first kappa shape index (κ1) is 23.2. The topological polar surface area (TPSA) is 54.9 Å². The Kier molecular flexibility index (Phi) is 7.38. The van der Waals surface area contributed by atoms with E-state index in [1.165, 1.54) is 0 Å². The molecule has 0 aliphatic rings. The molecule has 4 rings (SSSR count). The maximum absolute atomic E-state index is 13.8. The highest BCUT2D eigenvalue weighted by Crippen LogP contribution is 2.31. The Labute approximate surface area is 197 Å². The average Bonchev–Trinajstić information content (AvgIpc) is 2.88. The van der Waals surface area contributed by atoms with E-state index in [0.29, 0.717) is 11.3 Å². The Hall–Kier alpha value is -3.93. The van der Waals surface area contributed by atoms with Crippen LogP contribution in [0.25, 0.3) is 22.5 Å². The van der Waals surface area contributed by atoms with E-state index in [1.54, 1.807) is 48.8 Å². The summed E-state index contributed by atoms with van der Waals surface area (Å²) in [6, 6.07) is 24.1. The molecule has 0 spiro atoms. The van der Waals surface area contributed by atoms with Gasteiger partial charge in [-0.15, -0.1) is 0 Å². The number of alkyl halides is 2. The monoisotopic (exact) mass is 457 g/mol. The standard InChI is InChI=1S/C28H25F2N3O/c1-19-7-5-6-10-24(19)27-26(31-15-16-32-27)21-11-13-23(14-12-21)33-28(34)25(17-22(30)18-29)20-8-3-2-4-9-20/h2-16,22,25H,17-18H2,1H3,(H,33,34). The summed E-state index contributed by atoms with van der Waals surface area (Å²) in [7, 11) is 0. The molecule has 1 aromatic heterocycles. The Balaban J connectivity index is 1.57. The van der Waals surface area contributed by atoms with Gasteiger partial charge in [-0.25, -0.2) is 8.78 Å². The van der Waals surface area contributed by atoms with Crippen molar-refractivity contribution in [2.75, 3.05) is 12.0 Å². The molecule has 2 unspecified atom stereocenters. The van der Waals surface area contributed by atoms with Gasteiger partial charge in [-0.3, -0.25) is 14.8 Å². The van der Waals surface area contributed by atoms with Gasteiger partial charge in [0.15, 0.2) is 0 Å². The van der Waals surface area contributed by atoms with Crippen LogP contribution in [0, 0.1) is 6.92 Å². The van der Waals surface area contributed by atoms with E-state index in [2.05, 4.69) is 15.3 Å². The van der Waals surface area contributed by atoms with E-state index in [1.807, 2.05) is 49.4 Å². The van der Waals surface area contributed by atoms with Crippen LogP contribution in [0.1, 0.15) is 23.5 Å². The summed E-state index contributed by atoms with van der Waals surface area (Å²) >= 11 is 0. The molecule has 0 saturated heterocycles. The van der Waals surface area contributed by atoms with Gasteiger partial charge >= 0.3 is 0 Å². The third-order valence-corrected chi connectivity index (χ3v) is 5.70. The van der Waals surface area contributed by atoms with Gasteiger partial charge in [0, 0.05) is 29.2 Å². The van der Waals surface area contributed by atoms with Gasteiger partial charge in [0.05, 0.1) is 17.3 Å². The Morgan fingerprint density at radius 3 is 2.21 bits per heavy atom. The van der Waals surface area contributed by atoms with Crippen molar-refractivity contribution in [3.8, 4) is 22.5 Å². The highest BCUT2D eigenvalue weighted by molar-refractivity contribution is 5.96. The summed E-state index contributed by atoms with van der Waals surface area (Å²) in [5.41, 5.74) is 5.68. The molecular formula is C28H25F2N3O. The van der Waals surface area contributed by atoms with Crippen LogP contribution in [0.4, 0.5) is 14.5 Å². The molecule has 4 nitrogen and oxygen atoms in total. The van der Waals surface area contributed by atoms with Gasteiger partial charge in [0.2, 0.25) is 5.91 Å². The highest BCUT2D eigenvalue weighted by Gasteiger charge is 2.25. The Morgan fingerprint density at radius 2 is 1.53 bits per heavy atom. The van der Waals surface area contributed by atoms with Gasteiger partial charge in [-0.2, -0.15) is 0 Å². The van der Waals surface area contributed by atoms with Crippen LogP contribution >= 0.6 is 0 Å².